The van der Waals surface area contributed by atoms with E-state index in [0.29, 0.717) is 23.3 Å². The molecule has 94 valence electrons. The Balaban J connectivity index is 1.99. The Morgan fingerprint density at radius 2 is 2.00 bits per heavy atom. The van der Waals surface area contributed by atoms with E-state index in [1.165, 1.54) is 25.7 Å². The Bertz CT molecular complexity index is 556. The van der Waals surface area contributed by atoms with Crippen LogP contribution in [0.2, 0.25) is 0 Å². The van der Waals surface area contributed by atoms with Crippen LogP contribution >= 0.6 is 0 Å². The lowest BCUT2D eigenvalue weighted by atomic mass is 10.0. The van der Waals surface area contributed by atoms with Crippen LogP contribution in [-0.2, 0) is 0 Å². The number of rotatable bonds is 2. The first kappa shape index (κ1) is 11.3. The number of furan rings is 1. The summed E-state index contributed by atoms with van der Waals surface area (Å²) >= 11 is 0. The second-order valence-corrected chi connectivity index (χ2v) is 4.93. The number of hydrogen-bond donors (Lipinski definition) is 1. The number of nitrogen functional groups attached to an aromatic ring is 1. The molecule has 4 nitrogen and oxygen atoms in total. The first-order valence-corrected chi connectivity index (χ1v) is 6.43. The normalized spacial score (nSPS) is 16.3. The van der Waals surface area contributed by atoms with Crippen molar-refractivity contribution in [3.05, 3.63) is 29.7 Å². The predicted molar refractivity (Wildman–Crippen MR) is 70.1 cm³/mol. The molecule has 0 atom stereocenters. The van der Waals surface area contributed by atoms with E-state index in [9.17, 15) is 0 Å². The third kappa shape index (κ3) is 2.10. The number of hydrogen-bond acceptors (Lipinski definition) is 4. The average molecular weight is 243 g/mol. The Morgan fingerprint density at radius 3 is 2.67 bits per heavy atom. The SMILES string of the molecule is Cc1ccc(-c2nc(N)cc(C3CCCC3)n2)o1. The van der Waals surface area contributed by atoms with Crippen LogP contribution in [0.25, 0.3) is 11.6 Å². The van der Waals surface area contributed by atoms with Crippen molar-refractivity contribution in [2.75, 3.05) is 5.73 Å². The van der Waals surface area contributed by atoms with Gasteiger partial charge in [-0.15, -0.1) is 0 Å². The first-order valence-electron chi connectivity index (χ1n) is 6.43. The molecule has 1 fully saturated rings. The molecule has 0 aromatic carbocycles. The van der Waals surface area contributed by atoms with Crippen molar-refractivity contribution < 1.29 is 4.42 Å². The minimum atomic E-state index is 0.524. The van der Waals surface area contributed by atoms with E-state index in [1.54, 1.807) is 0 Å². The summed E-state index contributed by atoms with van der Waals surface area (Å²) in [6.45, 7) is 1.91. The van der Waals surface area contributed by atoms with Gasteiger partial charge in [-0.3, -0.25) is 0 Å². The fourth-order valence-electron chi connectivity index (χ4n) is 2.58. The van der Waals surface area contributed by atoms with Gasteiger partial charge in [-0.25, -0.2) is 9.97 Å². The number of nitrogens with zero attached hydrogens (tertiary/aromatic N) is 2. The fourth-order valence-corrected chi connectivity index (χ4v) is 2.58. The van der Waals surface area contributed by atoms with Gasteiger partial charge < -0.3 is 10.2 Å². The van der Waals surface area contributed by atoms with Crippen LogP contribution in [0.1, 0.15) is 43.1 Å². The second-order valence-electron chi connectivity index (χ2n) is 4.93. The fraction of sp³-hybridized carbons (Fsp3) is 0.429. The van der Waals surface area contributed by atoms with Gasteiger partial charge in [-0.05, 0) is 31.9 Å². The van der Waals surface area contributed by atoms with Gasteiger partial charge >= 0.3 is 0 Å². The molecule has 2 N–H and O–H groups in total. The molecule has 3 rings (SSSR count). The molecule has 2 aromatic rings. The summed E-state index contributed by atoms with van der Waals surface area (Å²) < 4.78 is 5.56. The summed E-state index contributed by atoms with van der Waals surface area (Å²) in [6.07, 6.45) is 4.97. The summed E-state index contributed by atoms with van der Waals surface area (Å²) in [5.74, 6) is 3.21. The lowest BCUT2D eigenvalue weighted by Gasteiger charge is -2.10. The summed E-state index contributed by atoms with van der Waals surface area (Å²) in [5.41, 5.74) is 6.94. The lowest BCUT2D eigenvalue weighted by molar-refractivity contribution is 0.543. The van der Waals surface area contributed by atoms with Gasteiger partial charge in [-0.1, -0.05) is 12.8 Å². The van der Waals surface area contributed by atoms with Crippen LogP contribution in [0.4, 0.5) is 5.82 Å². The van der Waals surface area contributed by atoms with Crippen molar-refractivity contribution in [1.29, 1.82) is 0 Å². The molecular formula is C14H17N3O. The largest absolute Gasteiger partial charge is 0.458 e. The zero-order valence-electron chi connectivity index (χ0n) is 10.5. The number of aryl methyl sites for hydroxylation is 1. The molecule has 0 saturated heterocycles. The molecule has 0 spiro atoms. The minimum Gasteiger partial charge on any atom is -0.458 e. The molecule has 0 amide bonds. The molecule has 1 saturated carbocycles. The van der Waals surface area contributed by atoms with Crippen molar-refractivity contribution in [2.24, 2.45) is 0 Å². The van der Waals surface area contributed by atoms with E-state index in [4.69, 9.17) is 10.2 Å². The lowest BCUT2D eigenvalue weighted by Crippen LogP contribution is -2.03. The number of anilines is 1. The summed E-state index contributed by atoms with van der Waals surface area (Å²) in [5, 5.41) is 0. The highest BCUT2D eigenvalue weighted by molar-refractivity contribution is 5.51. The van der Waals surface area contributed by atoms with Gasteiger partial charge in [0, 0.05) is 17.7 Å². The van der Waals surface area contributed by atoms with Crippen LogP contribution in [0.5, 0.6) is 0 Å². The molecule has 0 radical (unpaired) electrons. The van der Waals surface area contributed by atoms with Crippen molar-refractivity contribution in [2.45, 2.75) is 38.5 Å². The van der Waals surface area contributed by atoms with Crippen molar-refractivity contribution in [1.82, 2.24) is 9.97 Å². The van der Waals surface area contributed by atoms with E-state index >= 15 is 0 Å². The zero-order chi connectivity index (χ0) is 12.5. The van der Waals surface area contributed by atoms with E-state index in [0.717, 1.165) is 11.5 Å². The van der Waals surface area contributed by atoms with Gasteiger partial charge in [0.1, 0.15) is 11.6 Å². The van der Waals surface area contributed by atoms with Crippen LogP contribution in [0.15, 0.2) is 22.6 Å². The summed E-state index contributed by atoms with van der Waals surface area (Å²) in [4.78, 5) is 8.88. The maximum absolute atomic E-state index is 5.88. The molecule has 1 aliphatic carbocycles. The molecule has 0 bridgehead atoms. The first-order chi connectivity index (χ1) is 8.72. The van der Waals surface area contributed by atoms with Crippen molar-refractivity contribution >= 4 is 5.82 Å². The quantitative estimate of drug-likeness (QED) is 0.879. The maximum Gasteiger partial charge on any atom is 0.197 e. The number of nitrogens with two attached hydrogens (primary N) is 1. The summed E-state index contributed by atoms with van der Waals surface area (Å²) in [6, 6.07) is 5.70. The molecule has 2 aromatic heterocycles. The Morgan fingerprint density at radius 1 is 1.22 bits per heavy atom. The van der Waals surface area contributed by atoms with E-state index in [2.05, 4.69) is 9.97 Å². The second kappa shape index (κ2) is 4.44. The predicted octanol–water partition coefficient (Wildman–Crippen LogP) is 3.28. The number of aromatic nitrogens is 2. The van der Waals surface area contributed by atoms with Crippen molar-refractivity contribution in [3.8, 4) is 11.6 Å². The Kier molecular flexibility index (Phi) is 2.78. The van der Waals surface area contributed by atoms with Gasteiger partial charge in [0.2, 0.25) is 0 Å². The minimum absolute atomic E-state index is 0.524. The van der Waals surface area contributed by atoms with Gasteiger partial charge in [0.25, 0.3) is 0 Å². The molecule has 0 unspecified atom stereocenters. The van der Waals surface area contributed by atoms with Crippen LogP contribution < -0.4 is 5.73 Å². The van der Waals surface area contributed by atoms with Gasteiger partial charge in [0.05, 0.1) is 0 Å². The Hall–Kier alpha value is -1.84. The van der Waals surface area contributed by atoms with Crippen LogP contribution in [0.3, 0.4) is 0 Å². The monoisotopic (exact) mass is 243 g/mol. The smallest absolute Gasteiger partial charge is 0.197 e. The third-order valence-electron chi connectivity index (χ3n) is 3.50. The highest BCUT2D eigenvalue weighted by Gasteiger charge is 2.20. The maximum atomic E-state index is 5.88. The van der Waals surface area contributed by atoms with E-state index < -0.39 is 0 Å². The average Bonchev–Trinajstić information content (AvgIpc) is 2.98. The topological polar surface area (TPSA) is 64.9 Å². The molecule has 18 heavy (non-hydrogen) atoms. The molecule has 0 aliphatic heterocycles. The summed E-state index contributed by atoms with van der Waals surface area (Å²) in [7, 11) is 0. The highest BCUT2D eigenvalue weighted by atomic mass is 16.3. The van der Waals surface area contributed by atoms with Crippen LogP contribution in [-0.4, -0.2) is 9.97 Å². The Labute approximate surface area is 106 Å². The highest BCUT2D eigenvalue weighted by Crippen LogP contribution is 2.34. The van der Waals surface area contributed by atoms with Crippen molar-refractivity contribution in [3.63, 3.8) is 0 Å². The molecule has 4 heteroatoms. The molecular weight excluding hydrogens is 226 g/mol. The third-order valence-corrected chi connectivity index (χ3v) is 3.50. The zero-order valence-corrected chi connectivity index (χ0v) is 10.5. The van der Waals surface area contributed by atoms with E-state index in [-0.39, 0.29) is 0 Å². The standard InChI is InChI=1S/C14H17N3O/c1-9-6-7-12(18-9)14-16-11(8-13(15)17-14)10-4-2-3-5-10/h6-8,10H,2-5H2,1H3,(H2,15,16,17). The van der Waals surface area contributed by atoms with E-state index in [1.807, 2.05) is 25.1 Å². The van der Waals surface area contributed by atoms with Crippen LogP contribution in [0, 0.1) is 6.92 Å². The molecule has 2 heterocycles. The van der Waals surface area contributed by atoms with Gasteiger partial charge in [0.15, 0.2) is 11.6 Å². The van der Waals surface area contributed by atoms with Gasteiger partial charge in [-0.2, -0.15) is 0 Å². The molecule has 1 aliphatic rings.